The fraction of sp³-hybridized carbons (Fsp3) is 0.684. The third-order valence-electron chi connectivity index (χ3n) is 5.22. The lowest BCUT2D eigenvalue weighted by Gasteiger charge is -2.50. The molecule has 0 amide bonds. The van der Waals surface area contributed by atoms with Gasteiger partial charge in [0.15, 0.2) is 0 Å². The van der Waals surface area contributed by atoms with Gasteiger partial charge < -0.3 is 5.32 Å². The molecule has 1 aliphatic heterocycles. The molecule has 1 fully saturated rings. The van der Waals surface area contributed by atoms with Crippen molar-refractivity contribution in [3.05, 3.63) is 35.9 Å². The van der Waals surface area contributed by atoms with Gasteiger partial charge in [0.25, 0.3) is 0 Å². The molecule has 2 nitrogen and oxygen atoms in total. The first-order valence-electron chi connectivity index (χ1n) is 8.56. The molecule has 118 valence electrons. The molecule has 0 bridgehead atoms. The standard InChI is InChI=1S/C19H32N2/c1-6-17(16-11-9-8-10-12-16)21-14-19(5,7-2)20-13-18(21)15(3)4/h8-12,15,17-18,20H,6-7,13-14H2,1-5H3. The molecule has 3 unspecified atom stereocenters. The van der Waals surface area contributed by atoms with E-state index in [0.29, 0.717) is 18.0 Å². The van der Waals surface area contributed by atoms with Gasteiger partial charge in [-0.1, -0.05) is 58.0 Å². The van der Waals surface area contributed by atoms with E-state index in [1.807, 2.05) is 0 Å². The third-order valence-corrected chi connectivity index (χ3v) is 5.22. The van der Waals surface area contributed by atoms with Crippen molar-refractivity contribution < 1.29 is 0 Å². The molecule has 1 aromatic rings. The molecule has 2 rings (SSSR count). The van der Waals surface area contributed by atoms with Crippen LogP contribution in [0, 0.1) is 5.92 Å². The van der Waals surface area contributed by atoms with Crippen molar-refractivity contribution in [2.75, 3.05) is 13.1 Å². The van der Waals surface area contributed by atoms with E-state index >= 15 is 0 Å². The van der Waals surface area contributed by atoms with Gasteiger partial charge >= 0.3 is 0 Å². The van der Waals surface area contributed by atoms with Gasteiger partial charge in [0.2, 0.25) is 0 Å². The van der Waals surface area contributed by atoms with Gasteiger partial charge in [-0.2, -0.15) is 0 Å². The van der Waals surface area contributed by atoms with E-state index in [1.54, 1.807) is 0 Å². The van der Waals surface area contributed by atoms with E-state index in [-0.39, 0.29) is 5.54 Å². The van der Waals surface area contributed by atoms with Crippen molar-refractivity contribution in [2.24, 2.45) is 5.92 Å². The second-order valence-electron chi connectivity index (χ2n) is 7.11. The smallest absolute Gasteiger partial charge is 0.0349 e. The van der Waals surface area contributed by atoms with Crippen molar-refractivity contribution in [2.45, 2.75) is 65.1 Å². The average molecular weight is 288 g/mol. The maximum atomic E-state index is 3.80. The van der Waals surface area contributed by atoms with Crippen LogP contribution in [0.5, 0.6) is 0 Å². The van der Waals surface area contributed by atoms with E-state index in [4.69, 9.17) is 0 Å². The number of nitrogens with one attached hydrogen (secondary N) is 1. The second kappa shape index (κ2) is 6.93. The molecule has 2 heteroatoms. The highest BCUT2D eigenvalue weighted by molar-refractivity contribution is 5.20. The van der Waals surface area contributed by atoms with E-state index in [0.717, 1.165) is 13.1 Å². The maximum absolute atomic E-state index is 3.80. The Morgan fingerprint density at radius 1 is 1.24 bits per heavy atom. The first-order chi connectivity index (χ1) is 10.0. The molecule has 0 radical (unpaired) electrons. The summed E-state index contributed by atoms with van der Waals surface area (Å²) < 4.78 is 0. The van der Waals surface area contributed by atoms with Crippen molar-refractivity contribution in [3.8, 4) is 0 Å². The van der Waals surface area contributed by atoms with Crippen molar-refractivity contribution in [1.29, 1.82) is 0 Å². The molecule has 1 N–H and O–H groups in total. The van der Waals surface area contributed by atoms with Crippen LogP contribution in [0.4, 0.5) is 0 Å². The largest absolute Gasteiger partial charge is 0.309 e. The van der Waals surface area contributed by atoms with Gasteiger partial charge in [0.1, 0.15) is 0 Å². The molecule has 1 heterocycles. The first-order valence-corrected chi connectivity index (χ1v) is 8.56. The van der Waals surface area contributed by atoms with Crippen LogP contribution in [-0.2, 0) is 0 Å². The van der Waals surface area contributed by atoms with Crippen LogP contribution in [0.1, 0.15) is 59.1 Å². The molecule has 1 aromatic carbocycles. The Bertz CT molecular complexity index is 428. The minimum Gasteiger partial charge on any atom is -0.309 e. The molecule has 1 aliphatic rings. The third kappa shape index (κ3) is 3.67. The molecule has 21 heavy (non-hydrogen) atoms. The summed E-state index contributed by atoms with van der Waals surface area (Å²) in [6.45, 7) is 13.9. The Morgan fingerprint density at radius 3 is 2.43 bits per heavy atom. The summed E-state index contributed by atoms with van der Waals surface area (Å²) in [5.74, 6) is 0.677. The summed E-state index contributed by atoms with van der Waals surface area (Å²) in [5, 5.41) is 3.80. The Balaban J connectivity index is 2.29. The topological polar surface area (TPSA) is 15.3 Å². The summed E-state index contributed by atoms with van der Waals surface area (Å²) in [5.41, 5.74) is 1.71. The van der Waals surface area contributed by atoms with E-state index in [1.165, 1.54) is 18.4 Å². The molecule has 0 aromatic heterocycles. The van der Waals surface area contributed by atoms with Crippen LogP contribution in [-0.4, -0.2) is 29.6 Å². The Morgan fingerprint density at radius 2 is 1.90 bits per heavy atom. The normalized spacial score (nSPS) is 28.8. The Labute approximate surface area is 130 Å². The van der Waals surface area contributed by atoms with Crippen molar-refractivity contribution in [1.82, 2.24) is 10.2 Å². The number of nitrogens with zero attached hydrogens (tertiary/aromatic N) is 1. The summed E-state index contributed by atoms with van der Waals surface area (Å²) >= 11 is 0. The summed E-state index contributed by atoms with van der Waals surface area (Å²) in [7, 11) is 0. The average Bonchev–Trinajstić information content (AvgIpc) is 2.49. The van der Waals surface area contributed by atoms with Crippen LogP contribution in [0.3, 0.4) is 0 Å². The fourth-order valence-corrected chi connectivity index (χ4v) is 3.58. The molecule has 1 saturated heterocycles. The van der Waals surface area contributed by atoms with Gasteiger partial charge in [-0.3, -0.25) is 4.90 Å². The van der Waals surface area contributed by atoms with Gasteiger partial charge in [-0.15, -0.1) is 0 Å². The monoisotopic (exact) mass is 288 g/mol. The van der Waals surface area contributed by atoms with Crippen molar-refractivity contribution >= 4 is 0 Å². The fourth-order valence-electron chi connectivity index (χ4n) is 3.58. The number of piperazine rings is 1. The van der Waals surface area contributed by atoms with E-state index < -0.39 is 0 Å². The predicted octanol–water partition coefficient (Wildman–Crippen LogP) is 4.24. The van der Waals surface area contributed by atoms with Crippen molar-refractivity contribution in [3.63, 3.8) is 0 Å². The van der Waals surface area contributed by atoms with Crippen LogP contribution in [0.2, 0.25) is 0 Å². The maximum Gasteiger partial charge on any atom is 0.0349 e. The number of hydrogen-bond donors (Lipinski definition) is 1. The summed E-state index contributed by atoms with van der Waals surface area (Å²) in [6, 6.07) is 12.2. The van der Waals surface area contributed by atoms with E-state index in [9.17, 15) is 0 Å². The van der Waals surface area contributed by atoms with Gasteiger partial charge in [-0.05, 0) is 31.2 Å². The quantitative estimate of drug-likeness (QED) is 0.872. The summed E-state index contributed by atoms with van der Waals surface area (Å²) in [4.78, 5) is 2.76. The van der Waals surface area contributed by atoms with Crippen LogP contribution in [0.25, 0.3) is 0 Å². The van der Waals surface area contributed by atoms with Gasteiger partial charge in [-0.25, -0.2) is 0 Å². The van der Waals surface area contributed by atoms with Crippen LogP contribution < -0.4 is 5.32 Å². The van der Waals surface area contributed by atoms with E-state index in [2.05, 4.69) is 75.2 Å². The lowest BCUT2D eigenvalue weighted by Crippen LogP contribution is -2.64. The molecular formula is C19H32N2. The zero-order valence-corrected chi connectivity index (χ0v) is 14.4. The molecule has 0 saturated carbocycles. The van der Waals surface area contributed by atoms with Crippen LogP contribution in [0.15, 0.2) is 30.3 Å². The Hall–Kier alpha value is -0.860. The van der Waals surface area contributed by atoms with Gasteiger partial charge in [0, 0.05) is 30.7 Å². The molecule has 0 aliphatic carbocycles. The molecule has 0 spiro atoms. The lowest BCUT2D eigenvalue weighted by atomic mass is 9.87. The second-order valence-corrected chi connectivity index (χ2v) is 7.11. The minimum absolute atomic E-state index is 0.244. The highest BCUT2D eigenvalue weighted by Crippen LogP contribution is 2.33. The first kappa shape index (κ1) is 16.5. The summed E-state index contributed by atoms with van der Waals surface area (Å²) in [6.07, 6.45) is 2.35. The Kier molecular flexibility index (Phi) is 5.45. The SMILES string of the molecule is CCC(c1ccccc1)N1CC(C)(CC)NCC1C(C)C. The number of hydrogen-bond acceptors (Lipinski definition) is 2. The highest BCUT2D eigenvalue weighted by atomic mass is 15.3. The zero-order chi connectivity index (χ0) is 15.5. The van der Waals surface area contributed by atoms with Crippen LogP contribution >= 0.6 is 0 Å². The number of benzene rings is 1. The number of rotatable bonds is 5. The minimum atomic E-state index is 0.244. The molecule has 3 atom stereocenters. The highest BCUT2D eigenvalue weighted by Gasteiger charge is 2.38. The molecular weight excluding hydrogens is 256 g/mol. The lowest BCUT2D eigenvalue weighted by molar-refractivity contribution is 0.0221. The predicted molar refractivity (Wildman–Crippen MR) is 91.5 cm³/mol. The van der Waals surface area contributed by atoms with Gasteiger partial charge in [0.05, 0.1) is 0 Å². The zero-order valence-electron chi connectivity index (χ0n) is 14.4.